The molecular formula is C22H25N5O2S. The minimum absolute atomic E-state index is 0.0338. The highest BCUT2D eigenvalue weighted by Crippen LogP contribution is 2.26. The number of nitrogens with zero attached hydrogens (tertiary/aromatic N) is 4. The molecule has 1 aromatic carbocycles. The lowest BCUT2D eigenvalue weighted by Crippen LogP contribution is -2.37. The summed E-state index contributed by atoms with van der Waals surface area (Å²) in [5, 5.41) is 6.30. The number of carbonyl (C=O) groups excluding carboxylic acids is 1. The van der Waals surface area contributed by atoms with Gasteiger partial charge in [0.05, 0.1) is 10.7 Å². The summed E-state index contributed by atoms with van der Waals surface area (Å²) in [7, 11) is 0. The van der Waals surface area contributed by atoms with Crippen LogP contribution in [0.25, 0.3) is 0 Å². The van der Waals surface area contributed by atoms with Crippen molar-refractivity contribution in [2.24, 2.45) is 5.92 Å². The summed E-state index contributed by atoms with van der Waals surface area (Å²) in [6.07, 6.45) is 4.99. The lowest BCUT2D eigenvalue weighted by molar-refractivity contribution is -0.121. The Labute approximate surface area is 180 Å². The highest BCUT2D eigenvalue weighted by molar-refractivity contribution is 7.09. The Balaban J connectivity index is 1.29. The number of aryl methyl sites for hydroxylation is 2. The monoisotopic (exact) mass is 423 g/mol. The van der Waals surface area contributed by atoms with Gasteiger partial charge in [-0.15, -0.1) is 11.3 Å². The lowest BCUT2D eigenvalue weighted by atomic mass is 9.95. The smallest absolute Gasteiger partial charge is 0.321 e. The Morgan fingerprint density at radius 1 is 1.23 bits per heavy atom. The third-order valence-electron chi connectivity index (χ3n) is 5.22. The van der Waals surface area contributed by atoms with Crippen molar-refractivity contribution >= 4 is 22.9 Å². The van der Waals surface area contributed by atoms with E-state index in [2.05, 4.69) is 30.5 Å². The maximum atomic E-state index is 12.8. The van der Waals surface area contributed by atoms with Gasteiger partial charge in [0.25, 0.3) is 0 Å². The van der Waals surface area contributed by atoms with Crippen LogP contribution in [0.1, 0.15) is 29.1 Å². The predicted molar refractivity (Wildman–Crippen MR) is 117 cm³/mol. The molecule has 3 aromatic rings. The number of aromatic nitrogens is 3. The molecule has 1 saturated heterocycles. The molecule has 1 aliphatic heterocycles. The first-order valence-electron chi connectivity index (χ1n) is 10.1. The molecule has 1 aliphatic rings. The van der Waals surface area contributed by atoms with Crippen molar-refractivity contribution in [3.63, 3.8) is 0 Å². The molecule has 3 heterocycles. The van der Waals surface area contributed by atoms with Gasteiger partial charge in [0.15, 0.2) is 0 Å². The van der Waals surface area contributed by atoms with Gasteiger partial charge in [-0.25, -0.2) is 15.0 Å². The number of amides is 1. The zero-order valence-corrected chi connectivity index (χ0v) is 18.0. The normalized spacial score (nSPS) is 15.1. The third-order valence-corrected chi connectivity index (χ3v) is 6.04. The number of hydrogen-bond donors (Lipinski definition) is 1. The highest BCUT2D eigenvalue weighted by atomic mass is 32.1. The summed E-state index contributed by atoms with van der Waals surface area (Å²) in [6, 6.07) is 7.60. The summed E-state index contributed by atoms with van der Waals surface area (Å²) < 4.78 is 5.65. The number of rotatable bonds is 6. The maximum Gasteiger partial charge on any atom is 0.321 e. The van der Waals surface area contributed by atoms with Crippen LogP contribution in [0.3, 0.4) is 0 Å². The summed E-state index contributed by atoms with van der Waals surface area (Å²) in [5.41, 5.74) is 2.87. The van der Waals surface area contributed by atoms with E-state index in [0.29, 0.717) is 11.8 Å². The molecule has 0 atom stereocenters. The molecule has 8 heteroatoms. The van der Waals surface area contributed by atoms with Crippen molar-refractivity contribution in [1.82, 2.24) is 19.9 Å². The Morgan fingerprint density at radius 2 is 2.00 bits per heavy atom. The van der Waals surface area contributed by atoms with Crippen molar-refractivity contribution in [1.29, 1.82) is 0 Å². The molecule has 4 rings (SSSR count). The fourth-order valence-electron chi connectivity index (χ4n) is 3.58. The average Bonchev–Trinajstić information content (AvgIpc) is 3.16. The molecule has 2 aromatic heterocycles. The van der Waals surface area contributed by atoms with Crippen LogP contribution in [0.15, 0.2) is 42.0 Å². The summed E-state index contributed by atoms with van der Waals surface area (Å²) in [6.45, 7) is 6.67. The zero-order chi connectivity index (χ0) is 20.9. The van der Waals surface area contributed by atoms with E-state index in [-0.39, 0.29) is 11.8 Å². The van der Waals surface area contributed by atoms with Gasteiger partial charge in [0.2, 0.25) is 5.91 Å². The van der Waals surface area contributed by atoms with Gasteiger partial charge >= 0.3 is 6.01 Å². The molecule has 1 amide bonds. The van der Waals surface area contributed by atoms with Crippen LogP contribution >= 0.6 is 11.3 Å². The molecule has 0 unspecified atom stereocenters. The second-order valence-electron chi connectivity index (χ2n) is 7.51. The molecule has 156 valence electrons. The highest BCUT2D eigenvalue weighted by Gasteiger charge is 2.25. The molecule has 1 fully saturated rings. The van der Waals surface area contributed by atoms with E-state index in [1.54, 1.807) is 29.8 Å². The molecule has 0 aliphatic carbocycles. The second kappa shape index (κ2) is 9.32. The maximum absolute atomic E-state index is 12.8. The number of thiazole rings is 1. The molecule has 0 bridgehead atoms. The summed E-state index contributed by atoms with van der Waals surface area (Å²) in [4.78, 5) is 27.8. The lowest BCUT2D eigenvalue weighted by Gasteiger charge is -2.30. The number of nitrogens with one attached hydrogen (secondary N) is 1. The van der Waals surface area contributed by atoms with Crippen molar-refractivity contribution in [3.8, 4) is 11.8 Å². The number of hydrogen-bond acceptors (Lipinski definition) is 7. The minimum Gasteiger partial charge on any atom is -0.424 e. The molecule has 0 radical (unpaired) electrons. The standard InChI is InChI=1S/C22H25N5O2S/c1-15-12-19(29-22-23-8-3-9-24-22)4-5-20(15)26-21(28)17-6-10-27(11-7-17)13-18-14-30-16(2)25-18/h3-5,8-9,12,14,17H,6-7,10-11,13H2,1-2H3,(H,26,28). The first kappa shape index (κ1) is 20.4. The number of ether oxygens (including phenoxy) is 1. The van der Waals surface area contributed by atoms with Gasteiger partial charge in [-0.1, -0.05) is 0 Å². The molecule has 0 spiro atoms. The quantitative estimate of drug-likeness (QED) is 0.640. The molecule has 30 heavy (non-hydrogen) atoms. The Hall–Kier alpha value is -2.84. The molecule has 0 saturated carbocycles. The van der Waals surface area contributed by atoms with Gasteiger partial charge in [-0.05, 0) is 69.6 Å². The third kappa shape index (κ3) is 5.20. The number of carbonyl (C=O) groups is 1. The SMILES string of the molecule is Cc1nc(CN2CCC(C(=O)Nc3ccc(Oc4ncccn4)cc3C)CC2)cs1. The van der Waals surface area contributed by atoms with Gasteiger partial charge in [0.1, 0.15) is 5.75 Å². The Kier molecular flexibility index (Phi) is 6.35. The van der Waals surface area contributed by atoms with Crippen LogP contribution in [0.5, 0.6) is 11.8 Å². The van der Waals surface area contributed by atoms with E-state index < -0.39 is 0 Å². The van der Waals surface area contributed by atoms with Crippen LogP contribution in [-0.4, -0.2) is 38.8 Å². The van der Waals surface area contributed by atoms with Crippen molar-refractivity contribution in [2.45, 2.75) is 33.2 Å². The largest absolute Gasteiger partial charge is 0.424 e. The van der Waals surface area contributed by atoms with E-state index in [1.165, 1.54) is 0 Å². The Bertz CT molecular complexity index is 1000. The van der Waals surface area contributed by atoms with E-state index in [4.69, 9.17) is 4.74 Å². The van der Waals surface area contributed by atoms with Crippen molar-refractivity contribution in [2.75, 3.05) is 18.4 Å². The average molecular weight is 424 g/mol. The first-order chi connectivity index (χ1) is 14.6. The van der Waals surface area contributed by atoms with Gasteiger partial charge < -0.3 is 10.1 Å². The van der Waals surface area contributed by atoms with Crippen molar-refractivity contribution in [3.05, 3.63) is 58.3 Å². The van der Waals surface area contributed by atoms with E-state index in [9.17, 15) is 4.79 Å². The topological polar surface area (TPSA) is 80.2 Å². The van der Waals surface area contributed by atoms with E-state index in [1.807, 2.05) is 32.0 Å². The minimum atomic E-state index is 0.0338. The fourth-order valence-corrected chi connectivity index (χ4v) is 4.19. The van der Waals surface area contributed by atoms with Crippen LogP contribution in [0.2, 0.25) is 0 Å². The Morgan fingerprint density at radius 3 is 2.67 bits per heavy atom. The second-order valence-corrected chi connectivity index (χ2v) is 8.57. The molecule has 1 N–H and O–H groups in total. The number of anilines is 1. The van der Waals surface area contributed by atoms with E-state index in [0.717, 1.165) is 54.4 Å². The summed E-state index contributed by atoms with van der Waals surface area (Å²) >= 11 is 1.68. The van der Waals surface area contributed by atoms with Gasteiger partial charge in [-0.3, -0.25) is 9.69 Å². The van der Waals surface area contributed by atoms with E-state index >= 15 is 0 Å². The van der Waals surface area contributed by atoms with Gasteiger partial charge in [-0.2, -0.15) is 0 Å². The summed E-state index contributed by atoms with van der Waals surface area (Å²) in [5.74, 6) is 0.760. The van der Waals surface area contributed by atoms with Crippen LogP contribution in [-0.2, 0) is 11.3 Å². The van der Waals surface area contributed by atoms with Crippen molar-refractivity contribution < 1.29 is 9.53 Å². The number of benzene rings is 1. The van der Waals surface area contributed by atoms with Crippen LogP contribution in [0, 0.1) is 19.8 Å². The molecular weight excluding hydrogens is 398 g/mol. The fraction of sp³-hybridized carbons (Fsp3) is 0.364. The van der Waals surface area contributed by atoms with Gasteiger partial charge in [0, 0.05) is 35.9 Å². The molecule has 7 nitrogen and oxygen atoms in total. The zero-order valence-electron chi connectivity index (χ0n) is 17.2. The number of piperidine rings is 1. The number of likely N-dealkylation sites (tertiary alicyclic amines) is 1. The first-order valence-corrected chi connectivity index (χ1v) is 10.9. The predicted octanol–water partition coefficient (Wildman–Crippen LogP) is 4.19. The van der Waals surface area contributed by atoms with Crippen LogP contribution in [0.4, 0.5) is 5.69 Å². The van der Waals surface area contributed by atoms with Crippen LogP contribution < -0.4 is 10.1 Å².